The number of amides is 1. The van der Waals surface area contributed by atoms with Crippen LogP contribution in [-0.4, -0.2) is 58.4 Å². The lowest BCUT2D eigenvalue weighted by Gasteiger charge is -2.32. The van der Waals surface area contributed by atoms with Gasteiger partial charge in [-0.15, -0.1) is 0 Å². The highest BCUT2D eigenvalue weighted by molar-refractivity contribution is 5.79. The zero-order valence-corrected chi connectivity index (χ0v) is 11.3. The number of hydrogen-bond acceptors (Lipinski definition) is 6. The van der Waals surface area contributed by atoms with Gasteiger partial charge in [0.2, 0.25) is 11.9 Å². The van der Waals surface area contributed by atoms with Gasteiger partial charge < -0.3 is 20.4 Å². The second-order valence-electron chi connectivity index (χ2n) is 4.92. The lowest BCUT2D eigenvalue weighted by Crippen LogP contribution is -2.45. The standard InChI is InChI=1S/C13H20N4O3/c18-9-11(19)7-16-12(20)10-3-1-6-17(8-10)13-14-4-2-5-15-13/h2,4-5,10-11,18-19H,1,3,6-9H2,(H,16,20)/t10-,11-/m0/s1. The Morgan fingerprint density at radius 2 is 2.25 bits per heavy atom. The molecule has 2 heterocycles. The fourth-order valence-electron chi connectivity index (χ4n) is 2.25. The van der Waals surface area contributed by atoms with Crippen molar-refractivity contribution in [3.63, 3.8) is 0 Å². The van der Waals surface area contributed by atoms with Gasteiger partial charge in [0.1, 0.15) is 0 Å². The first-order chi connectivity index (χ1) is 9.70. The molecule has 3 N–H and O–H groups in total. The summed E-state index contributed by atoms with van der Waals surface area (Å²) in [5.74, 6) is 0.400. The van der Waals surface area contributed by atoms with Crippen molar-refractivity contribution in [2.45, 2.75) is 18.9 Å². The van der Waals surface area contributed by atoms with Crippen molar-refractivity contribution in [1.29, 1.82) is 0 Å². The Labute approximate surface area is 117 Å². The van der Waals surface area contributed by atoms with E-state index in [0.717, 1.165) is 19.4 Å². The SMILES string of the molecule is O=C(NC[C@H](O)CO)[C@H]1CCCN(c2ncccn2)C1. The Kier molecular flexibility index (Phi) is 5.25. The van der Waals surface area contributed by atoms with Crippen LogP contribution in [0.5, 0.6) is 0 Å². The number of aliphatic hydroxyl groups excluding tert-OH is 2. The molecule has 110 valence electrons. The number of nitrogens with zero attached hydrogens (tertiary/aromatic N) is 3. The molecule has 1 amide bonds. The van der Waals surface area contributed by atoms with Crippen LogP contribution in [0.25, 0.3) is 0 Å². The lowest BCUT2D eigenvalue weighted by molar-refractivity contribution is -0.125. The topological polar surface area (TPSA) is 98.6 Å². The molecule has 7 nitrogen and oxygen atoms in total. The predicted octanol–water partition coefficient (Wildman–Crippen LogP) is -0.838. The Morgan fingerprint density at radius 1 is 1.50 bits per heavy atom. The molecule has 0 spiro atoms. The summed E-state index contributed by atoms with van der Waals surface area (Å²) in [6.07, 6.45) is 4.17. The Hall–Kier alpha value is -1.73. The Morgan fingerprint density at radius 3 is 2.95 bits per heavy atom. The van der Waals surface area contributed by atoms with E-state index in [4.69, 9.17) is 5.11 Å². The van der Waals surface area contributed by atoms with E-state index in [1.54, 1.807) is 18.5 Å². The van der Waals surface area contributed by atoms with Gasteiger partial charge in [0, 0.05) is 32.0 Å². The summed E-state index contributed by atoms with van der Waals surface area (Å²) >= 11 is 0. The first kappa shape index (κ1) is 14.7. The summed E-state index contributed by atoms with van der Waals surface area (Å²) in [5, 5.41) is 20.6. The van der Waals surface area contributed by atoms with Gasteiger partial charge in [0.05, 0.1) is 18.6 Å². The normalized spacial score (nSPS) is 20.5. The molecule has 1 aromatic heterocycles. The number of nitrogens with one attached hydrogen (secondary N) is 1. The molecule has 20 heavy (non-hydrogen) atoms. The molecule has 1 fully saturated rings. The van der Waals surface area contributed by atoms with E-state index in [2.05, 4.69) is 15.3 Å². The summed E-state index contributed by atoms with van der Waals surface area (Å²) in [5.41, 5.74) is 0. The maximum atomic E-state index is 12.0. The number of carbonyl (C=O) groups excluding carboxylic acids is 1. The van der Waals surface area contributed by atoms with Crippen molar-refractivity contribution in [2.75, 3.05) is 31.1 Å². The third-order valence-electron chi connectivity index (χ3n) is 3.35. The van der Waals surface area contributed by atoms with E-state index in [-0.39, 0.29) is 25.0 Å². The van der Waals surface area contributed by atoms with Gasteiger partial charge in [-0.3, -0.25) is 4.79 Å². The van der Waals surface area contributed by atoms with Gasteiger partial charge in [-0.2, -0.15) is 0 Å². The van der Waals surface area contributed by atoms with Crippen molar-refractivity contribution in [1.82, 2.24) is 15.3 Å². The molecule has 1 aromatic rings. The molecule has 0 unspecified atom stereocenters. The summed E-state index contributed by atoms with van der Waals surface area (Å²) < 4.78 is 0. The number of hydrogen-bond donors (Lipinski definition) is 3. The van der Waals surface area contributed by atoms with Crippen molar-refractivity contribution in [3.05, 3.63) is 18.5 Å². The van der Waals surface area contributed by atoms with Crippen molar-refractivity contribution in [2.24, 2.45) is 5.92 Å². The third kappa shape index (κ3) is 3.88. The van der Waals surface area contributed by atoms with Crippen molar-refractivity contribution < 1.29 is 15.0 Å². The number of aliphatic hydroxyl groups is 2. The fourth-order valence-corrected chi connectivity index (χ4v) is 2.25. The molecule has 7 heteroatoms. The van der Waals surface area contributed by atoms with E-state index in [9.17, 15) is 9.90 Å². The molecule has 2 atom stereocenters. The average Bonchev–Trinajstić information content (AvgIpc) is 2.53. The molecule has 1 aliphatic heterocycles. The zero-order chi connectivity index (χ0) is 14.4. The molecule has 0 bridgehead atoms. The molecule has 1 saturated heterocycles. The van der Waals surface area contributed by atoms with Crippen LogP contribution in [0.2, 0.25) is 0 Å². The van der Waals surface area contributed by atoms with Gasteiger partial charge in [0.25, 0.3) is 0 Å². The van der Waals surface area contributed by atoms with Crippen LogP contribution < -0.4 is 10.2 Å². The van der Waals surface area contributed by atoms with Crippen molar-refractivity contribution >= 4 is 11.9 Å². The number of carbonyl (C=O) groups is 1. The molecular weight excluding hydrogens is 260 g/mol. The van der Waals surface area contributed by atoms with Crippen LogP contribution in [-0.2, 0) is 4.79 Å². The smallest absolute Gasteiger partial charge is 0.225 e. The van der Waals surface area contributed by atoms with Gasteiger partial charge in [0.15, 0.2) is 0 Å². The first-order valence-corrected chi connectivity index (χ1v) is 6.79. The summed E-state index contributed by atoms with van der Waals surface area (Å²) in [6.45, 7) is 1.14. The molecular formula is C13H20N4O3. The van der Waals surface area contributed by atoms with E-state index in [1.165, 1.54) is 0 Å². The first-order valence-electron chi connectivity index (χ1n) is 6.79. The van der Waals surface area contributed by atoms with E-state index >= 15 is 0 Å². The zero-order valence-electron chi connectivity index (χ0n) is 11.3. The largest absolute Gasteiger partial charge is 0.394 e. The number of anilines is 1. The minimum absolute atomic E-state index is 0.0771. The highest BCUT2D eigenvalue weighted by atomic mass is 16.3. The molecule has 0 aliphatic carbocycles. The predicted molar refractivity (Wildman–Crippen MR) is 73.1 cm³/mol. The fraction of sp³-hybridized carbons (Fsp3) is 0.615. The Balaban J connectivity index is 1.88. The molecule has 0 aromatic carbocycles. The minimum Gasteiger partial charge on any atom is -0.394 e. The average molecular weight is 280 g/mol. The minimum atomic E-state index is -0.906. The second-order valence-corrected chi connectivity index (χ2v) is 4.92. The van der Waals surface area contributed by atoms with Crippen LogP contribution in [0, 0.1) is 5.92 Å². The number of piperidine rings is 1. The number of rotatable bonds is 5. The molecule has 2 rings (SSSR count). The number of aromatic nitrogens is 2. The maximum Gasteiger partial charge on any atom is 0.225 e. The summed E-state index contributed by atoms with van der Waals surface area (Å²) in [6, 6.07) is 1.76. The highest BCUT2D eigenvalue weighted by Crippen LogP contribution is 2.19. The summed E-state index contributed by atoms with van der Waals surface area (Å²) in [4.78, 5) is 22.4. The van der Waals surface area contributed by atoms with Crippen LogP contribution >= 0.6 is 0 Å². The van der Waals surface area contributed by atoms with Crippen LogP contribution in [0.3, 0.4) is 0 Å². The van der Waals surface area contributed by atoms with E-state index in [0.29, 0.717) is 12.5 Å². The van der Waals surface area contributed by atoms with Crippen LogP contribution in [0.15, 0.2) is 18.5 Å². The van der Waals surface area contributed by atoms with Gasteiger partial charge >= 0.3 is 0 Å². The van der Waals surface area contributed by atoms with Gasteiger partial charge in [-0.25, -0.2) is 9.97 Å². The monoisotopic (exact) mass is 280 g/mol. The van der Waals surface area contributed by atoms with E-state index in [1.807, 2.05) is 4.90 Å². The quantitative estimate of drug-likeness (QED) is 0.650. The summed E-state index contributed by atoms with van der Waals surface area (Å²) in [7, 11) is 0. The Bertz CT molecular complexity index is 429. The maximum absolute atomic E-state index is 12.0. The van der Waals surface area contributed by atoms with Crippen LogP contribution in [0.1, 0.15) is 12.8 Å². The van der Waals surface area contributed by atoms with Gasteiger partial charge in [-0.1, -0.05) is 0 Å². The van der Waals surface area contributed by atoms with E-state index < -0.39 is 6.10 Å². The van der Waals surface area contributed by atoms with Gasteiger partial charge in [-0.05, 0) is 18.9 Å². The third-order valence-corrected chi connectivity index (χ3v) is 3.35. The lowest BCUT2D eigenvalue weighted by atomic mass is 9.97. The molecule has 0 saturated carbocycles. The highest BCUT2D eigenvalue weighted by Gasteiger charge is 2.27. The molecule has 1 aliphatic rings. The molecule has 0 radical (unpaired) electrons. The van der Waals surface area contributed by atoms with Crippen molar-refractivity contribution in [3.8, 4) is 0 Å². The van der Waals surface area contributed by atoms with Crippen LogP contribution in [0.4, 0.5) is 5.95 Å². The second kappa shape index (κ2) is 7.16.